The van der Waals surface area contributed by atoms with E-state index in [4.69, 9.17) is 10.5 Å². The second kappa shape index (κ2) is 4.42. The van der Waals surface area contributed by atoms with Crippen molar-refractivity contribution in [1.29, 1.82) is 0 Å². The van der Waals surface area contributed by atoms with Crippen LogP contribution in [0, 0.1) is 0 Å². The zero-order valence-corrected chi connectivity index (χ0v) is 7.45. The van der Waals surface area contributed by atoms with Crippen LogP contribution in [0.3, 0.4) is 0 Å². The molecule has 12 heavy (non-hydrogen) atoms. The topological polar surface area (TPSA) is 55.6 Å². The molecule has 1 fully saturated rings. The number of nitrogens with zero attached hydrogens (tertiary/aromatic N) is 1. The molecule has 4 nitrogen and oxygen atoms in total. The minimum absolute atomic E-state index is 0.0363. The summed E-state index contributed by atoms with van der Waals surface area (Å²) in [5.74, 6) is 0.191. The average molecular weight is 172 g/mol. The van der Waals surface area contributed by atoms with E-state index in [1.54, 1.807) is 0 Å². The minimum Gasteiger partial charge on any atom is -0.373 e. The Morgan fingerprint density at radius 1 is 1.75 bits per heavy atom. The third-order valence-corrected chi connectivity index (χ3v) is 2.06. The zero-order chi connectivity index (χ0) is 8.97. The number of hydrogen-bond donors (Lipinski definition) is 1. The van der Waals surface area contributed by atoms with E-state index in [0.29, 0.717) is 32.7 Å². The Morgan fingerprint density at radius 2 is 2.50 bits per heavy atom. The van der Waals surface area contributed by atoms with Crippen LogP contribution in [-0.4, -0.2) is 43.2 Å². The molecule has 0 spiro atoms. The lowest BCUT2D eigenvalue weighted by molar-refractivity contribution is -0.138. The van der Waals surface area contributed by atoms with Gasteiger partial charge in [-0.15, -0.1) is 0 Å². The summed E-state index contributed by atoms with van der Waals surface area (Å²) < 4.78 is 5.33. The van der Waals surface area contributed by atoms with Crippen molar-refractivity contribution in [3.05, 3.63) is 0 Å². The fourth-order valence-corrected chi connectivity index (χ4v) is 1.31. The molecule has 0 bridgehead atoms. The molecule has 0 aromatic heterocycles. The molecular formula is C8H16N2O2. The van der Waals surface area contributed by atoms with Crippen LogP contribution < -0.4 is 5.73 Å². The summed E-state index contributed by atoms with van der Waals surface area (Å²) in [7, 11) is 0. The maximum Gasteiger partial charge on any atom is 0.222 e. The molecule has 1 aliphatic heterocycles. The van der Waals surface area contributed by atoms with Gasteiger partial charge in [-0.05, 0) is 0 Å². The van der Waals surface area contributed by atoms with Crippen molar-refractivity contribution in [3.63, 3.8) is 0 Å². The molecule has 1 aliphatic rings. The van der Waals surface area contributed by atoms with Crippen molar-refractivity contribution in [2.45, 2.75) is 19.4 Å². The van der Waals surface area contributed by atoms with Gasteiger partial charge >= 0.3 is 0 Å². The molecule has 0 saturated carbocycles. The number of hydrogen-bond acceptors (Lipinski definition) is 3. The van der Waals surface area contributed by atoms with Gasteiger partial charge in [0.15, 0.2) is 0 Å². The van der Waals surface area contributed by atoms with Crippen molar-refractivity contribution in [3.8, 4) is 0 Å². The second-order valence-corrected chi connectivity index (χ2v) is 2.92. The molecule has 4 heteroatoms. The van der Waals surface area contributed by atoms with Crippen LogP contribution in [0.4, 0.5) is 0 Å². The summed E-state index contributed by atoms with van der Waals surface area (Å²) in [4.78, 5) is 13.1. The molecule has 1 amide bonds. The minimum atomic E-state index is 0.0363. The van der Waals surface area contributed by atoms with Gasteiger partial charge in [-0.2, -0.15) is 0 Å². The molecule has 1 heterocycles. The van der Waals surface area contributed by atoms with Crippen LogP contribution in [0.25, 0.3) is 0 Å². The highest BCUT2D eigenvalue weighted by Crippen LogP contribution is 2.05. The quantitative estimate of drug-likeness (QED) is 0.615. The predicted octanol–water partition coefficient (Wildman–Crippen LogP) is -0.417. The lowest BCUT2D eigenvalue weighted by Gasteiger charge is -2.32. The van der Waals surface area contributed by atoms with Gasteiger partial charge < -0.3 is 15.4 Å². The summed E-state index contributed by atoms with van der Waals surface area (Å²) in [6.07, 6.45) is 0.603. The fourth-order valence-electron chi connectivity index (χ4n) is 1.31. The Kier molecular flexibility index (Phi) is 3.49. The first-order valence-corrected chi connectivity index (χ1v) is 4.37. The SMILES string of the molecule is CCC(=O)N1CCOC(CN)C1. The first kappa shape index (κ1) is 9.48. The standard InChI is InChI=1S/C8H16N2O2/c1-2-8(11)10-3-4-12-7(5-9)6-10/h7H,2-6,9H2,1H3. The van der Waals surface area contributed by atoms with Crippen molar-refractivity contribution in [2.24, 2.45) is 5.73 Å². The third-order valence-electron chi connectivity index (χ3n) is 2.06. The van der Waals surface area contributed by atoms with Crippen LogP contribution in [-0.2, 0) is 9.53 Å². The van der Waals surface area contributed by atoms with E-state index in [2.05, 4.69) is 0 Å². The Labute approximate surface area is 72.7 Å². The molecule has 1 unspecified atom stereocenters. The lowest BCUT2D eigenvalue weighted by atomic mass is 10.2. The van der Waals surface area contributed by atoms with Gasteiger partial charge in [0.1, 0.15) is 0 Å². The van der Waals surface area contributed by atoms with Crippen LogP contribution in [0.1, 0.15) is 13.3 Å². The molecule has 1 saturated heterocycles. The summed E-state index contributed by atoms with van der Waals surface area (Å²) in [6.45, 7) is 4.35. The smallest absolute Gasteiger partial charge is 0.222 e. The summed E-state index contributed by atoms with van der Waals surface area (Å²) >= 11 is 0. The van der Waals surface area contributed by atoms with Gasteiger partial charge in [0.05, 0.1) is 12.7 Å². The van der Waals surface area contributed by atoms with Gasteiger partial charge in [-0.3, -0.25) is 4.79 Å². The fraction of sp³-hybridized carbons (Fsp3) is 0.875. The molecule has 0 aliphatic carbocycles. The highest BCUT2D eigenvalue weighted by atomic mass is 16.5. The number of rotatable bonds is 2. The van der Waals surface area contributed by atoms with Gasteiger partial charge in [-0.1, -0.05) is 6.92 Å². The summed E-state index contributed by atoms with van der Waals surface area (Å²) in [6, 6.07) is 0. The maximum absolute atomic E-state index is 11.3. The molecule has 2 N–H and O–H groups in total. The Bertz CT molecular complexity index is 161. The third kappa shape index (κ3) is 2.19. The number of carbonyl (C=O) groups is 1. The predicted molar refractivity (Wildman–Crippen MR) is 45.7 cm³/mol. The van der Waals surface area contributed by atoms with Crippen molar-refractivity contribution < 1.29 is 9.53 Å². The van der Waals surface area contributed by atoms with Crippen LogP contribution in [0.5, 0.6) is 0 Å². The van der Waals surface area contributed by atoms with Gasteiger partial charge in [0.25, 0.3) is 0 Å². The number of morpholine rings is 1. The second-order valence-electron chi connectivity index (χ2n) is 2.92. The number of carbonyl (C=O) groups excluding carboxylic acids is 1. The van der Waals surface area contributed by atoms with Crippen molar-refractivity contribution in [1.82, 2.24) is 4.90 Å². The maximum atomic E-state index is 11.3. The largest absolute Gasteiger partial charge is 0.373 e. The van der Waals surface area contributed by atoms with E-state index in [1.807, 2.05) is 11.8 Å². The summed E-state index contributed by atoms with van der Waals surface area (Å²) in [5.41, 5.74) is 5.44. The molecule has 0 aromatic rings. The summed E-state index contributed by atoms with van der Waals surface area (Å²) in [5, 5.41) is 0. The van der Waals surface area contributed by atoms with E-state index in [1.165, 1.54) is 0 Å². The van der Waals surface area contributed by atoms with E-state index in [0.717, 1.165) is 0 Å². The van der Waals surface area contributed by atoms with Crippen LogP contribution >= 0.6 is 0 Å². The van der Waals surface area contributed by atoms with E-state index >= 15 is 0 Å². The number of nitrogens with two attached hydrogens (primary N) is 1. The molecule has 0 aromatic carbocycles. The number of ether oxygens (including phenoxy) is 1. The molecule has 1 atom stereocenters. The van der Waals surface area contributed by atoms with E-state index in [-0.39, 0.29) is 12.0 Å². The highest BCUT2D eigenvalue weighted by molar-refractivity contribution is 5.75. The molecule has 1 rings (SSSR count). The monoisotopic (exact) mass is 172 g/mol. The Morgan fingerprint density at radius 3 is 3.08 bits per heavy atom. The van der Waals surface area contributed by atoms with Gasteiger partial charge in [-0.25, -0.2) is 0 Å². The number of amides is 1. The van der Waals surface area contributed by atoms with Crippen molar-refractivity contribution >= 4 is 5.91 Å². The van der Waals surface area contributed by atoms with Gasteiger partial charge in [0.2, 0.25) is 5.91 Å². The average Bonchev–Trinajstić information content (AvgIpc) is 2.17. The lowest BCUT2D eigenvalue weighted by Crippen LogP contribution is -2.47. The van der Waals surface area contributed by atoms with Gasteiger partial charge in [0, 0.05) is 26.1 Å². The Balaban J connectivity index is 2.40. The normalized spacial score (nSPS) is 24.2. The Hall–Kier alpha value is -0.610. The molecule has 0 radical (unpaired) electrons. The first-order valence-electron chi connectivity index (χ1n) is 4.37. The van der Waals surface area contributed by atoms with Crippen LogP contribution in [0.2, 0.25) is 0 Å². The highest BCUT2D eigenvalue weighted by Gasteiger charge is 2.21. The van der Waals surface area contributed by atoms with Crippen LogP contribution in [0.15, 0.2) is 0 Å². The molecule has 70 valence electrons. The molecular weight excluding hydrogens is 156 g/mol. The zero-order valence-electron chi connectivity index (χ0n) is 7.45. The first-order chi connectivity index (χ1) is 5.77. The van der Waals surface area contributed by atoms with Crippen molar-refractivity contribution in [2.75, 3.05) is 26.2 Å². The van der Waals surface area contributed by atoms with E-state index < -0.39 is 0 Å². The van der Waals surface area contributed by atoms with E-state index in [9.17, 15) is 4.79 Å².